The molecule has 0 aromatic heterocycles. The number of nitrogens with zero attached hydrogens (tertiary/aromatic N) is 1. The molecule has 4 rings (SSSR count). The molecule has 2 aliphatic carbocycles. The minimum absolute atomic E-state index is 0.0983. The van der Waals surface area contributed by atoms with Gasteiger partial charge in [0, 0.05) is 5.92 Å². The first-order valence-electron chi connectivity index (χ1n) is 12.1. The van der Waals surface area contributed by atoms with Crippen LogP contribution in [0.3, 0.4) is 0 Å². The van der Waals surface area contributed by atoms with Crippen molar-refractivity contribution in [3.63, 3.8) is 0 Å². The van der Waals surface area contributed by atoms with E-state index in [2.05, 4.69) is 4.85 Å². The van der Waals surface area contributed by atoms with Crippen LogP contribution in [-0.4, -0.2) is 21.3 Å². The number of rotatable bonds is 5. The first kappa shape index (κ1) is 25.0. The Kier molecular flexibility index (Phi) is 8.66. The third-order valence-corrected chi connectivity index (χ3v) is 7.28. The molecule has 0 saturated heterocycles. The van der Waals surface area contributed by atoms with Gasteiger partial charge in [-0.25, -0.2) is 11.4 Å². The Labute approximate surface area is 196 Å². The minimum atomic E-state index is -1.72. The largest absolute Gasteiger partial charge is 0.479 e. The Balaban J connectivity index is 0.000000186. The molecule has 2 saturated carbocycles. The molecule has 2 aromatic carbocycles. The molecule has 0 amide bonds. The molecule has 5 nitrogen and oxygen atoms in total. The highest BCUT2D eigenvalue weighted by Gasteiger charge is 2.46. The summed E-state index contributed by atoms with van der Waals surface area (Å²) in [5, 5.41) is 30.5. The zero-order chi connectivity index (χ0) is 23.7. The SMILES string of the molecule is O=C(O)[C@@](O)(c1ccccc1)C1CCCCC1.[C-]#[N+]C(O)(c1ccccc1)C1CCCCC1. The summed E-state index contributed by atoms with van der Waals surface area (Å²) >= 11 is 0. The van der Waals surface area contributed by atoms with Crippen molar-refractivity contribution >= 4 is 5.97 Å². The van der Waals surface area contributed by atoms with Gasteiger partial charge in [0.2, 0.25) is 0 Å². The smallest absolute Gasteiger partial charge is 0.364 e. The highest BCUT2D eigenvalue weighted by Crippen LogP contribution is 2.41. The number of carboxylic acids is 1. The van der Waals surface area contributed by atoms with E-state index in [1.54, 1.807) is 24.3 Å². The maximum Gasteiger partial charge on any atom is 0.364 e. The normalized spacial score (nSPS) is 20.9. The Morgan fingerprint density at radius 1 is 0.727 bits per heavy atom. The fraction of sp³-hybridized carbons (Fsp3) is 0.500. The molecule has 1 unspecified atom stereocenters. The van der Waals surface area contributed by atoms with Crippen LogP contribution in [0.25, 0.3) is 4.85 Å². The first-order chi connectivity index (χ1) is 15.9. The van der Waals surface area contributed by atoms with E-state index in [1.807, 2.05) is 36.4 Å². The van der Waals surface area contributed by atoms with E-state index in [0.717, 1.165) is 63.4 Å². The van der Waals surface area contributed by atoms with Crippen LogP contribution in [0.2, 0.25) is 0 Å². The number of aliphatic hydroxyl groups is 2. The molecule has 0 aliphatic heterocycles. The van der Waals surface area contributed by atoms with Crippen molar-refractivity contribution in [3.8, 4) is 0 Å². The van der Waals surface area contributed by atoms with Crippen LogP contribution in [0.1, 0.15) is 75.3 Å². The van der Waals surface area contributed by atoms with Gasteiger partial charge >= 0.3 is 11.7 Å². The third kappa shape index (κ3) is 5.63. The lowest BCUT2D eigenvalue weighted by Gasteiger charge is -2.35. The molecule has 0 spiro atoms. The van der Waals surface area contributed by atoms with Gasteiger partial charge in [-0.2, -0.15) is 0 Å². The van der Waals surface area contributed by atoms with Gasteiger partial charge < -0.3 is 15.3 Å². The fourth-order valence-corrected chi connectivity index (χ4v) is 5.33. The lowest BCUT2D eigenvalue weighted by Crippen LogP contribution is -2.43. The maximum atomic E-state index is 11.5. The first-order valence-corrected chi connectivity index (χ1v) is 12.1. The van der Waals surface area contributed by atoms with Gasteiger partial charge in [-0.05, 0) is 43.4 Å². The number of aliphatic carboxylic acids is 1. The van der Waals surface area contributed by atoms with Crippen molar-refractivity contribution in [3.05, 3.63) is 83.2 Å². The Bertz CT molecular complexity index is 914. The highest BCUT2D eigenvalue weighted by atomic mass is 16.4. The molecule has 5 heteroatoms. The summed E-state index contributed by atoms with van der Waals surface area (Å²) in [5.74, 6) is -1.20. The van der Waals surface area contributed by atoms with Gasteiger partial charge in [0.25, 0.3) is 0 Å². The Hall–Kier alpha value is -2.68. The molecule has 0 heterocycles. The zero-order valence-electron chi connectivity index (χ0n) is 19.2. The predicted octanol–water partition coefficient (Wildman–Crippen LogP) is 5.87. The summed E-state index contributed by atoms with van der Waals surface area (Å²) in [6, 6.07) is 18.1. The molecule has 2 fully saturated rings. The van der Waals surface area contributed by atoms with Crippen molar-refractivity contribution < 1.29 is 20.1 Å². The second-order valence-electron chi connectivity index (χ2n) is 9.31. The summed E-state index contributed by atoms with van der Waals surface area (Å²) in [4.78, 5) is 15.0. The van der Waals surface area contributed by atoms with Crippen LogP contribution < -0.4 is 0 Å². The van der Waals surface area contributed by atoms with E-state index in [9.17, 15) is 20.1 Å². The van der Waals surface area contributed by atoms with Crippen molar-refractivity contribution in [1.82, 2.24) is 0 Å². The van der Waals surface area contributed by atoms with E-state index in [1.165, 1.54) is 6.42 Å². The number of hydrogen-bond donors (Lipinski definition) is 3. The summed E-state index contributed by atoms with van der Waals surface area (Å²) in [7, 11) is 0. The van der Waals surface area contributed by atoms with Crippen LogP contribution in [0.4, 0.5) is 0 Å². The van der Waals surface area contributed by atoms with Crippen LogP contribution in [0, 0.1) is 18.4 Å². The molecular formula is C28H35NO4. The number of hydrogen-bond acceptors (Lipinski definition) is 3. The summed E-state index contributed by atoms with van der Waals surface area (Å²) < 4.78 is 0. The van der Waals surface area contributed by atoms with Crippen molar-refractivity contribution in [2.45, 2.75) is 75.5 Å². The monoisotopic (exact) mass is 449 g/mol. The molecule has 3 N–H and O–H groups in total. The van der Waals surface area contributed by atoms with Crippen molar-refractivity contribution in [2.75, 3.05) is 0 Å². The van der Waals surface area contributed by atoms with E-state index in [-0.39, 0.29) is 11.8 Å². The molecule has 2 aliphatic rings. The average molecular weight is 450 g/mol. The average Bonchev–Trinajstić information content (AvgIpc) is 2.90. The van der Waals surface area contributed by atoms with Crippen LogP contribution in [-0.2, 0) is 16.1 Å². The minimum Gasteiger partial charge on any atom is -0.479 e. The zero-order valence-corrected chi connectivity index (χ0v) is 19.2. The lowest BCUT2D eigenvalue weighted by atomic mass is 9.73. The third-order valence-electron chi connectivity index (χ3n) is 7.28. The second kappa shape index (κ2) is 11.4. The van der Waals surface area contributed by atoms with E-state index >= 15 is 0 Å². The molecule has 176 valence electrons. The quantitative estimate of drug-likeness (QED) is 0.499. The Morgan fingerprint density at radius 2 is 1.15 bits per heavy atom. The summed E-state index contributed by atoms with van der Waals surface area (Å²) in [5.41, 5.74) is -1.78. The number of benzene rings is 2. The molecular weight excluding hydrogens is 414 g/mol. The molecule has 0 bridgehead atoms. The fourth-order valence-electron chi connectivity index (χ4n) is 5.33. The van der Waals surface area contributed by atoms with Crippen molar-refractivity contribution in [1.29, 1.82) is 0 Å². The standard InChI is InChI=1S/C14H17NO.C14H18O3/c1-15-14(16,12-8-4-2-5-9-12)13-10-6-3-7-11-13;15-13(16)14(17,11-7-3-1-4-8-11)12-9-5-2-6-10-12/h2,4-5,8-9,13,16H,3,6-7,10-11H2;1,3-4,7-8,12,17H,2,5-6,9-10H2,(H,15,16)/t;14-/m.1/s1. The highest BCUT2D eigenvalue weighted by molar-refractivity contribution is 5.79. The summed E-state index contributed by atoms with van der Waals surface area (Å²) in [6.45, 7) is 7.31. The van der Waals surface area contributed by atoms with Crippen LogP contribution >= 0.6 is 0 Å². The summed E-state index contributed by atoms with van der Waals surface area (Å²) in [6.07, 6.45) is 10.2. The Morgan fingerprint density at radius 3 is 1.58 bits per heavy atom. The number of carboxylic acid groups (broad SMARTS) is 1. The van der Waals surface area contributed by atoms with Crippen molar-refractivity contribution in [2.24, 2.45) is 11.8 Å². The molecule has 33 heavy (non-hydrogen) atoms. The van der Waals surface area contributed by atoms with E-state index in [4.69, 9.17) is 6.57 Å². The van der Waals surface area contributed by atoms with Gasteiger partial charge in [-0.3, -0.25) is 4.85 Å². The van der Waals surface area contributed by atoms with Crippen LogP contribution in [0.5, 0.6) is 0 Å². The predicted molar refractivity (Wildman–Crippen MR) is 128 cm³/mol. The van der Waals surface area contributed by atoms with E-state index in [0.29, 0.717) is 5.56 Å². The van der Waals surface area contributed by atoms with Gasteiger partial charge in [-0.1, -0.05) is 87.1 Å². The molecule has 2 atom stereocenters. The van der Waals surface area contributed by atoms with Gasteiger partial charge in [0.05, 0.1) is 11.5 Å². The van der Waals surface area contributed by atoms with Gasteiger partial charge in [0.15, 0.2) is 5.60 Å². The van der Waals surface area contributed by atoms with Gasteiger partial charge in [0.1, 0.15) is 0 Å². The van der Waals surface area contributed by atoms with Crippen LogP contribution in [0.15, 0.2) is 60.7 Å². The molecule has 2 aromatic rings. The lowest BCUT2D eigenvalue weighted by molar-refractivity contribution is -0.168. The maximum absolute atomic E-state index is 11.5. The van der Waals surface area contributed by atoms with Gasteiger partial charge in [-0.15, -0.1) is 0 Å². The second-order valence-corrected chi connectivity index (χ2v) is 9.31. The van der Waals surface area contributed by atoms with E-state index < -0.39 is 17.3 Å². The molecule has 0 radical (unpaired) electrons. The topological polar surface area (TPSA) is 82.1 Å². The number of carbonyl (C=O) groups is 1.